The number of nitrogens with one attached hydrogen (secondary N) is 3. The number of halogens is 3. The lowest BCUT2D eigenvalue weighted by molar-refractivity contribution is -0.176. The third-order valence-electron chi connectivity index (χ3n) is 6.78. The number of likely N-dealkylation sites (tertiary alicyclic amines) is 1. The highest BCUT2D eigenvalue weighted by Gasteiger charge is 2.54. The van der Waals surface area contributed by atoms with Crippen molar-refractivity contribution in [3.05, 3.63) is 0 Å². The van der Waals surface area contributed by atoms with Gasteiger partial charge in [0, 0.05) is 36.9 Å². The number of nitrogens with two attached hydrogens (primary N) is 1. The molecule has 9 nitrogen and oxygen atoms in total. The van der Waals surface area contributed by atoms with Crippen molar-refractivity contribution in [2.45, 2.75) is 73.8 Å². The summed E-state index contributed by atoms with van der Waals surface area (Å²) in [6.07, 6.45) is -4.00. The van der Waals surface area contributed by atoms with Gasteiger partial charge in [0.05, 0.1) is 15.5 Å². The lowest BCUT2D eigenvalue weighted by Crippen LogP contribution is -2.60. The fourth-order valence-electron chi connectivity index (χ4n) is 4.78. The number of hydrogen-bond acceptors (Lipinski definition) is 8. The molecule has 1 unspecified atom stereocenters. The number of thiol groups is 1. The Labute approximate surface area is 228 Å². The fourth-order valence-corrected chi connectivity index (χ4v) is 8.23. The van der Waals surface area contributed by atoms with E-state index in [-0.39, 0.29) is 24.8 Å². The summed E-state index contributed by atoms with van der Waals surface area (Å²) in [5.74, 6) is -2.31. The normalized spacial score (nSPS) is 26.1. The maximum absolute atomic E-state index is 13.7. The van der Waals surface area contributed by atoms with Crippen molar-refractivity contribution >= 4 is 59.8 Å². The van der Waals surface area contributed by atoms with Crippen LogP contribution in [0.3, 0.4) is 0 Å². The molecule has 3 heterocycles. The van der Waals surface area contributed by atoms with Crippen molar-refractivity contribution in [2.75, 3.05) is 24.6 Å². The highest BCUT2D eigenvalue weighted by Crippen LogP contribution is 2.52. The standard InChI is InChI=1S/C22H34F3N5O4S3/c1-20(2,3)14(29-19(34)22(23,24)25)18(33)30-10-21(36-6-7-37-21)9-13(30)17(32)28-12(15(26)35)8-11-4-5-27-16(11)31/h11-15,35H,4-10,26H2,1-3H3,(H,27,31)(H,28,32)(H,29,34)/t11-,12-,13-,14+,15?/m0/s1. The molecule has 0 aromatic rings. The summed E-state index contributed by atoms with van der Waals surface area (Å²) in [7, 11) is 0. The smallest absolute Gasteiger partial charge is 0.356 e. The predicted molar refractivity (Wildman–Crippen MR) is 140 cm³/mol. The molecule has 0 bridgehead atoms. The van der Waals surface area contributed by atoms with E-state index in [2.05, 4.69) is 23.3 Å². The summed E-state index contributed by atoms with van der Waals surface area (Å²) in [5, 5.41) is 6.65. The predicted octanol–water partition coefficient (Wildman–Crippen LogP) is 1.08. The van der Waals surface area contributed by atoms with E-state index >= 15 is 0 Å². The van der Waals surface area contributed by atoms with Crippen LogP contribution in [0.15, 0.2) is 0 Å². The van der Waals surface area contributed by atoms with Gasteiger partial charge < -0.3 is 26.6 Å². The maximum Gasteiger partial charge on any atom is 0.471 e. The van der Waals surface area contributed by atoms with Crippen LogP contribution in [-0.4, -0.2) is 86.9 Å². The fraction of sp³-hybridized carbons (Fsp3) is 0.818. The molecule has 0 aromatic heterocycles. The Morgan fingerprint density at radius 1 is 1.22 bits per heavy atom. The van der Waals surface area contributed by atoms with E-state index in [4.69, 9.17) is 5.73 Å². The number of hydrogen-bond donors (Lipinski definition) is 5. The van der Waals surface area contributed by atoms with Crippen LogP contribution in [0.25, 0.3) is 0 Å². The Morgan fingerprint density at radius 3 is 2.32 bits per heavy atom. The highest BCUT2D eigenvalue weighted by atomic mass is 32.2. The van der Waals surface area contributed by atoms with Gasteiger partial charge in [-0.3, -0.25) is 19.2 Å². The van der Waals surface area contributed by atoms with Gasteiger partial charge in [0.2, 0.25) is 17.7 Å². The second-order valence-corrected chi connectivity index (χ2v) is 14.5. The van der Waals surface area contributed by atoms with E-state index in [0.29, 0.717) is 19.4 Å². The van der Waals surface area contributed by atoms with E-state index in [9.17, 15) is 32.3 Å². The van der Waals surface area contributed by atoms with Crippen LogP contribution >= 0.6 is 36.2 Å². The number of rotatable bonds is 7. The van der Waals surface area contributed by atoms with Crippen molar-refractivity contribution < 1.29 is 32.3 Å². The molecule has 210 valence electrons. The second-order valence-electron chi connectivity index (χ2n) is 10.7. The highest BCUT2D eigenvalue weighted by molar-refractivity contribution is 8.21. The average molecular weight is 586 g/mol. The molecule has 3 rings (SSSR count). The molecule has 3 fully saturated rings. The lowest BCUT2D eigenvalue weighted by atomic mass is 9.85. The molecule has 5 N–H and O–H groups in total. The Balaban J connectivity index is 1.84. The molecule has 37 heavy (non-hydrogen) atoms. The molecule has 3 aliphatic heterocycles. The summed E-state index contributed by atoms with van der Waals surface area (Å²) >= 11 is 7.51. The molecule has 15 heteroatoms. The van der Waals surface area contributed by atoms with Gasteiger partial charge in [-0.1, -0.05) is 20.8 Å². The van der Waals surface area contributed by atoms with Crippen molar-refractivity contribution in [2.24, 2.45) is 17.1 Å². The Morgan fingerprint density at radius 2 is 1.84 bits per heavy atom. The minimum absolute atomic E-state index is 0.128. The summed E-state index contributed by atoms with van der Waals surface area (Å²) in [6, 6.07) is -3.15. The van der Waals surface area contributed by atoms with Crippen LogP contribution in [0, 0.1) is 11.3 Å². The molecule has 1 spiro atoms. The molecule has 0 radical (unpaired) electrons. The lowest BCUT2D eigenvalue weighted by Gasteiger charge is -2.36. The number of nitrogens with zero attached hydrogens (tertiary/aromatic N) is 1. The number of thioether (sulfide) groups is 2. The van der Waals surface area contributed by atoms with Gasteiger partial charge in [-0.25, -0.2) is 0 Å². The first-order valence-corrected chi connectivity index (χ1v) is 14.5. The van der Waals surface area contributed by atoms with E-state index in [1.54, 1.807) is 44.3 Å². The van der Waals surface area contributed by atoms with Crippen LogP contribution in [0.1, 0.15) is 40.0 Å². The first kappa shape index (κ1) is 30.2. The monoisotopic (exact) mass is 585 g/mol. The Kier molecular flexibility index (Phi) is 9.33. The zero-order chi connectivity index (χ0) is 27.8. The summed E-state index contributed by atoms with van der Waals surface area (Å²) in [4.78, 5) is 52.4. The Bertz CT molecular complexity index is 909. The van der Waals surface area contributed by atoms with Crippen molar-refractivity contribution in [3.63, 3.8) is 0 Å². The van der Waals surface area contributed by atoms with Gasteiger partial charge in [-0.2, -0.15) is 25.8 Å². The van der Waals surface area contributed by atoms with Gasteiger partial charge in [-0.15, -0.1) is 23.5 Å². The molecule has 0 aliphatic carbocycles. The van der Waals surface area contributed by atoms with E-state index < -0.39 is 56.9 Å². The first-order valence-electron chi connectivity index (χ1n) is 12.0. The molecule has 0 saturated carbocycles. The number of carbonyl (C=O) groups excluding carboxylic acids is 4. The van der Waals surface area contributed by atoms with Crippen molar-refractivity contribution in [1.82, 2.24) is 20.9 Å². The van der Waals surface area contributed by atoms with Crippen LogP contribution in [-0.2, 0) is 19.2 Å². The molecular formula is C22H34F3N5O4S3. The summed E-state index contributed by atoms with van der Waals surface area (Å²) in [5.41, 5.74) is 4.93. The molecule has 3 aliphatic rings. The van der Waals surface area contributed by atoms with Gasteiger partial charge in [0.15, 0.2) is 0 Å². The molecular weight excluding hydrogens is 551 g/mol. The maximum atomic E-state index is 13.7. The molecule has 4 amide bonds. The first-order chi connectivity index (χ1) is 17.0. The molecule has 3 saturated heterocycles. The van der Waals surface area contributed by atoms with E-state index in [1.807, 2.05) is 5.32 Å². The second kappa shape index (κ2) is 11.4. The van der Waals surface area contributed by atoms with Gasteiger partial charge in [0.25, 0.3) is 0 Å². The molecule has 5 atom stereocenters. The number of carbonyl (C=O) groups is 4. The Hall–Kier alpha value is -1.32. The zero-order valence-corrected chi connectivity index (χ0v) is 23.4. The average Bonchev–Trinajstić information content (AvgIpc) is 3.50. The largest absolute Gasteiger partial charge is 0.471 e. The van der Waals surface area contributed by atoms with Gasteiger partial charge in [0.1, 0.15) is 12.1 Å². The van der Waals surface area contributed by atoms with Crippen molar-refractivity contribution in [3.8, 4) is 0 Å². The minimum atomic E-state index is -5.16. The van der Waals surface area contributed by atoms with Gasteiger partial charge >= 0.3 is 12.1 Å². The van der Waals surface area contributed by atoms with Crippen LogP contribution in [0.5, 0.6) is 0 Å². The topological polar surface area (TPSA) is 134 Å². The van der Waals surface area contributed by atoms with Crippen LogP contribution < -0.4 is 21.7 Å². The summed E-state index contributed by atoms with van der Waals surface area (Å²) < 4.78 is 38.7. The third-order valence-corrected chi connectivity index (χ3v) is 10.6. The minimum Gasteiger partial charge on any atom is -0.356 e. The quantitative estimate of drug-likeness (QED) is 0.223. The number of amides is 4. The van der Waals surface area contributed by atoms with E-state index in [1.165, 1.54) is 4.90 Å². The SMILES string of the molecule is CC(C)(C)[C@H](NC(=O)C(F)(F)F)C(=O)N1CC2(C[C@H]1C(=O)N[C@@H](C[C@@H]1CCNC1=O)C(N)S)SCCS2. The molecule has 0 aromatic carbocycles. The third kappa shape index (κ3) is 7.21. The number of alkyl halides is 3. The van der Waals surface area contributed by atoms with Crippen LogP contribution in [0.2, 0.25) is 0 Å². The van der Waals surface area contributed by atoms with Crippen LogP contribution in [0.4, 0.5) is 13.2 Å². The zero-order valence-electron chi connectivity index (χ0n) is 20.9. The summed E-state index contributed by atoms with van der Waals surface area (Å²) in [6.45, 7) is 5.33. The van der Waals surface area contributed by atoms with Gasteiger partial charge in [-0.05, 0) is 18.3 Å². The van der Waals surface area contributed by atoms with Crippen molar-refractivity contribution in [1.29, 1.82) is 0 Å². The van der Waals surface area contributed by atoms with E-state index in [0.717, 1.165) is 11.5 Å².